The molecule has 4 nitrogen and oxygen atoms in total. The van der Waals surface area contributed by atoms with Crippen LogP contribution >= 0.6 is 23.2 Å². The van der Waals surface area contributed by atoms with Gasteiger partial charge >= 0.3 is 5.97 Å². The molecule has 0 aromatic heterocycles. The first kappa shape index (κ1) is 19.0. The third-order valence-electron chi connectivity index (χ3n) is 4.40. The molecule has 1 heterocycles. The smallest absolute Gasteiger partial charge is 0.338 e. The van der Waals surface area contributed by atoms with Gasteiger partial charge in [-0.3, -0.25) is 4.90 Å². The van der Waals surface area contributed by atoms with Crippen LogP contribution in [0.1, 0.15) is 28.8 Å². The number of benzene rings is 2. The number of carboxylic acids is 1. The van der Waals surface area contributed by atoms with Crippen molar-refractivity contribution in [2.24, 2.45) is 0 Å². The predicted molar refractivity (Wildman–Crippen MR) is 98.7 cm³/mol. The molecule has 26 heavy (non-hydrogen) atoms. The molecular formula is C19H18Cl2FNO3. The average Bonchev–Trinajstić information content (AvgIpc) is 2.60. The van der Waals surface area contributed by atoms with E-state index in [1.165, 1.54) is 12.1 Å². The van der Waals surface area contributed by atoms with E-state index in [0.717, 1.165) is 31.5 Å². The highest BCUT2D eigenvalue weighted by Gasteiger charge is 2.21. The second kappa shape index (κ2) is 8.25. The Labute approximate surface area is 161 Å². The molecule has 0 unspecified atom stereocenters. The van der Waals surface area contributed by atoms with Gasteiger partial charge in [0.2, 0.25) is 0 Å². The second-order valence-corrected chi connectivity index (χ2v) is 7.10. The number of hydrogen-bond acceptors (Lipinski definition) is 3. The minimum atomic E-state index is -1.26. The summed E-state index contributed by atoms with van der Waals surface area (Å²) in [6.07, 6.45) is 1.78. The van der Waals surface area contributed by atoms with Gasteiger partial charge in [0.15, 0.2) is 0 Å². The van der Waals surface area contributed by atoms with Gasteiger partial charge in [-0.25, -0.2) is 9.18 Å². The molecule has 2 aromatic carbocycles. The van der Waals surface area contributed by atoms with Crippen LogP contribution in [0.3, 0.4) is 0 Å². The molecule has 1 N–H and O–H groups in total. The van der Waals surface area contributed by atoms with E-state index in [-0.39, 0.29) is 11.7 Å². The first-order chi connectivity index (χ1) is 12.4. The summed E-state index contributed by atoms with van der Waals surface area (Å²) in [7, 11) is 0. The maximum absolute atomic E-state index is 13.8. The highest BCUT2D eigenvalue weighted by atomic mass is 35.5. The number of halogens is 3. The molecule has 1 fully saturated rings. The first-order valence-electron chi connectivity index (χ1n) is 8.28. The van der Waals surface area contributed by atoms with Crippen LogP contribution in [0.15, 0.2) is 36.4 Å². The van der Waals surface area contributed by atoms with Crippen LogP contribution in [0.2, 0.25) is 10.0 Å². The highest BCUT2D eigenvalue weighted by molar-refractivity contribution is 6.42. The van der Waals surface area contributed by atoms with Crippen LogP contribution in [-0.2, 0) is 6.54 Å². The highest BCUT2D eigenvalue weighted by Crippen LogP contribution is 2.28. The number of carboxylic acid groups (broad SMARTS) is 1. The Hall–Kier alpha value is -1.82. The van der Waals surface area contributed by atoms with Crippen molar-refractivity contribution in [3.8, 4) is 5.75 Å². The molecule has 0 bridgehead atoms. The summed E-state index contributed by atoms with van der Waals surface area (Å²) in [5.41, 5.74) is 0.457. The van der Waals surface area contributed by atoms with Crippen LogP contribution < -0.4 is 4.74 Å². The molecule has 138 valence electrons. The van der Waals surface area contributed by atoms with E-state index in [9.17, 15) is 9.18 Å². The molecule has 1 aliphatic heterocycles. The van der Waals surface area contributed by atoms with Crippen LogP contribution in [0.5, 0.6) is 5.75 Å². The van der Waals surface area contributed by atoms with Crippen molar-refractivity contribution >= 4 is 29.2 Å². The molecule has 0 atom stereocenters. The number of aromatic carboxylic acids is 1. The number of likely N-dealkylation sites (tertiary alicyclic amines) is 1. The third-order valence-corrected chi connectivity index (χ3v) is 5.14. The van der Waals surface area contributed by atoms with Crippen molar-refractivity contribution in [1.29, 1.82) is 0 Å². The number of ether oxygens (including phenoxy) is 1. The molecular weight excluding hydrogens is 380 g/mol. The Morgan fingerprint density at radius 1 is 1.15 bits per heavy atom. The van der Waals surface area contributed by atoms with Crippen molar-refractivity contribution in [3.63, 3.8) is 0 Å². The summed E-state index contributed by atoms with van der Waals surface area (Å²) in [4.78, 5) is 13.1. The van der Waals surface area contributed by atoms with Crippen molar-refractivity contribution in [2.45, 2.75) is 25.5 Å². The van der Waals surface area contributed by atoms with Gasteiger partial charge in [0, 0.05) is 25.7 Å². The molecule has 0 radical (unpaired) electrons. The predicted octanol–water partition coefficient (Wildman–Crippen LogP) is 4.87. The van der Waals surface area contributed by atoms with Crippen molar-refractivity contribution < 1.29 is 19.0 Å². The number of piperidine rings is 1. The fourth-order valence-electron chi connectivity index (χ4n) is 3.02. The number of carbonyl (C=O) groups is 1. The number of rotatable bonds is 5. The van der Waals surface area contributed by atoms with Gasteiger partial charge < -0.3 is 9.84 Å². The Morgan fingerprint density at radius 3 is 2.50 bits per heavy atom. The summed E-state index contributed by atoms with van der Waals surface area (Å²) >= 11 is 11.9. The lowest BCUT2D eigenvalue weighted by Gasteiger charge is -2.32. The van der Waals surface area contributed by atoms with Gasteiger partial charge in [-0.05, 0) is 42.7 Å². The third kappa shape index (κ3) is 4.67. The minimum absolute atomic E-state index is 0.0922. The topological polar surface area (TPSA) is 49.8 Å². The van der Waals surface area contributed by atoms with Crippen LogP contribution in [0.25, 0.3) is 0 Å². The summed E-state index contributed by atoms with van der Waals surface area (Å²) < 4.78 is 19.7. The van der Waals surface area contributed by atoms with Crippen molar-refractivity contribution in [3.05, 3.63) is 63.4 Å². The van der Waals surface area contributed by atoms with E-state index < -0.39 is 11.8 Å². The first-order valence-corrected chi connectivity index (χ1v) is 9.04. The summed E-state index contributed by atoms with van der Waals surface area (Å²) in [6.45, 7) is 2.21. The zero-order valence-corrected chi connectivity index (χ0v) is 15.4. The van der Waals surface area contributed by atoms with Crippen LogP contribution in [-0.4, -0.2) is 35.2 Å². The van der Waals surface area contributed by atoms with Crippen molar-refractivity contribution in [1.82, 2.24) is 4.90 Å². The van der Waals surface area contributed by atoms with Gasteiger partial charge in [-0.1, -0.05) is 29.3 Å². The lowest BCUT2D eigenvalue weighted by atomic mass is 10.1. The fourth-order valence-corrected chi connectivity index (χ4v) is 3.30. The van der Waals surface area contributed by atoms with E-state index in [1.54, 1.807) is 24.3 Å². The zero-order chi connectivity index (χ0) is 18.7. The van der Waals surface area contributed by atoms with Crippen LogP contribution in [0, 0.1) is 5.82 Å². The molecule has 2 aromatic rings. The number of nitrogens with zero attached hydrogens (tertiary/aromatic N) is 1. The van der Waals surface area contributed by atoms with Gasteiger partial charge in [0.25, 0.3) is 0 Å². The molecule has 1 aliphatic rings. The maximum Gasteiger partial charge on any atom is 0.338 e. The summed E-state index contributed by atoms with van der Waals surface area (Å²) in [6, 6.07) is 9.49. The molecule has 0 spiro atoms. The van der Waals surface area contributed by atoms with Gasteiger partial charge in [-0.15, -0.1) is 0 Å². The Kier molecular flexibility index (Phi) is 6.01. The quantitative estimate of drug-likeness (QED) is 0.781. The average molecular weight is 398 g/mol. The Bertz CT molecular complexity index is 807. The van der Waals surface area contributed by atoms with Gasteiger partial charge in [0.1, 0.15) is 17.7 Å². The number of hydrogen-bond donors (Lipinski definition) is 1. The molecule has 7 heteroatoms. The van der Waals surface area contributed by atoms with E-state index >= 15 is 0 Å². The largest absolute Gasteiger partial charge is 0.490 e. The van der Waals surface area contributed by atoms with Crippen molar-refractivity contribution in [2.75, 3.05) is 13.1 Å². The standard InChI is InChI=1S/C19H18Cl2FNO3/c20-16-4-2-14(10-17(16)21)26-13-5-7-23(8-6-13)11-12-1-3-15(19(24)25)18(22)9-12/h1-4,9-10,13H,5-8,11H2,(H,24,25). The summed E-state index contributed by atoms with van der Waals surface area (Å²) in [5.74, 6) is -1.26. The summed E-state index contributed by atoms with van der Waals surface area (Å²) in [5, 5.41) is 9.84. The van der Waals surface area contributed by atoms with E-state index in [4.69, 9.17) is 33.0 Å². The Balaban J connectivity index is 1.53. The monoisotopic (exact) mass is 397 g/mol. The van der Waals surface area contributed by atoms with Gasteiger partial charge in [0.05, 0.1) is 15.6 Å². The second-order valence-electron chi connectivity index (χ2n) is 6.29. The van der Waals surface area contributed by atoms with E-state index in [0.29, 0.717) is 22.3 Å². The lowest BCUT2D eigenvalue weighted by molar-refractivity contribution is 0.0691. The lowest BCUT2D eigenvalue weighted by Crippen LogP contribution is -2.37. The molecule has 0 saturated carbocycles. The normalized spacial score (nSPS) is 15.8. The van der Waals surface area contributed by atoms with Gasteiger partial charge in [-0.2, -0.15) is 0 Å². The van der Waals surface area contributed by atoms with E-state index in [1.807, 2.05) is 0 Å². The maximum atomic E-state index is 13.8. The SMILES string of the molecule is O=C(O)c1ccc(CN2CCC(Oc3ccc(Cl)c(Cl)c3)CC2)cc1F. The van der Waals surface area contributed by atoms with E-state index in [2.05, 4.69) is 4.90 Å². The molecule has 3 rings (SSSR count). The van der Waals surface area contributed by atoms with Crippen LogP contribution in [0.4, 0.5) is 4.39 Å². The minimum Gasteiger partial charge on any atom is -0.490 e. The molecule has 0 amide bonds. The fraction of sp³-hybridized carbons (Fsp3) is 0.316. The zero-order valence-electron chi connectivity index (χ0n) is 13.9. The molecule has 1 saturated heterocycles. The molecule has 0 aliphatic carbocycles. The Morgan fingerprint density at radius 2 is 1.88 bits per heavy atom.